The van der Waals surface area contributed by atoms with Gasteiger partial charge in [0.25, 0.3) is 0 Å². The highest BCUT2D eigenvalue weighted by molar-refractivity contribution is 5.25. The van der Waals surface area contributed by atoms with E-state index in [2.05, 4.69) is 62.4 Å². The molecule has 1 aliphatic carbocycles. The molecule has 1 aliphatic rings. The molecule has 1 heteroatoms. The second-order valence-electron chi connectivity index (χ2n) is 6.58. The third kappa shape index (κ3) is 6.35. The average Bonchev–Trinajstić information content (AvgIpc) is 2.61. The van der Waals surface area contributed by atoms with E-state index in [9.17, 15) is 0 Å². The number of hydrogen-bond acceptors (Lipinski definition) is 1. The van der Waals surface area contributed by atoms with Crippen LogP contribution in [0.15, 0.2) is 48.6 Å². The molecule has 0 aromatic heterocycles. The van der Waals surface area contributed by atoms with Gasteiger partial charge in [0.1, 0.15) is 0 Å². The highest BCUT2D eigenvalue weighted by Gasteiger charge is 2.20. The minimum Gasteiger partial charge on any atom is -0.373 e. The first kappa shape index (κ1) is 18.0. The highest BCUT2D eigenvalue weighted by atomic mass is 16.5. The van der Waals surface area contributed by atoms with Crippen LogP contribution in [0.25, 0.3) is 0 Å². The first-order valence-electron chi connectivity index (χ1n) is 9.31. The molecule has 0 aliphatic heterocycles. The number of benzene rings is 1. The number of allylic oxidation sites excluding steroid dienone is 3. The van der Waals surface area contributed by atoms with Crippen LogP contribution < -0.4 is 0 Å². The van der Waals surface area contributed by atoms with Gasteiger partial charge in [-0.1, -0.05) is 62.4 Å². The SMILES string of the molecule is CC/C=C/COCc1ccc([C@H]2CC[C@H](/C=C/CC)CC2)cc1. The van der Waals surface area contributed by atoms with Crippen molar-refractivity contribution in [3.8, 4) is 0 Å². The Morgan fingerprint density at radius 1 is 0.913 bits per heavy atom. The lowest BCUT2D eigenvalue weighted by Crippen LogP contribution is -2.11. The van der Waals surface area contributed by atoms with Gasteiger partial charge < -0.3 is 4.74 Å². The second-order valence-corrected chi connectivity index (χ2v) is 6.58. The third-order valence-electron chi connectivity index (χ3n) is 4.75. The van der Waals surface area contributed by atoms with Gasteiger partial charge in [-0.05, 0) is 61.5 Å². The summed E-state index contributed by atoms with van der Waals surface area (Å²) in [7, 11) is 0. The Morgan fingerprint density at radius 3 is 2.26 bits per heavy atom. The Bertz CT molecular complexity index is 475. The smallest absolute Gasteiger partial charge is 0.0721 e. The highest BCUT2D eigenvalue weighted by Crippen LogP contribution is 2.36. The van der Waals surface area contributed by atoms with E-state index < -0.39 is 0 Å². The first-order chi connectivity index (χ1) is 11.3. The lowest BCUT2D eigenvalue weighted by Gasteiger charge is -2.27. The fourth-order valence-electron chi connectivity index (χ4n) is 3.34. The summed E-state index contributed by atoms with van der Waals surface area (Å²) >= 11 is 0. The van der Waals surface area contributed by atoms with Gasteiger partial charge in [-0.25, -0.2) is 0 Å². The quantitative estimate of drug-likeness (QED) is 0.398. The summed E-state index contributed by atoms with van der Waals surface area (Å²) in [5.41, 5.74) is 2.79. The van der Waals surface area contributed by atoms with Crippen LogP contribution in [0.4, 0.5) is 0 Å². The Balaban J connectivity index is 1.77. The summed E-state index contributed by atoms with van der Waals surface area (Å²) in [5, 5.41) is 0. The molecule has 126 valence electrons. The van der Waals surface area contributed by atoms with Crippen molar-refractivity contribution in [1.29, 1.82) is 0 Å². The van der Waals surface area contributed by atoms with Crippen molar-refractivity contribution < 1.29 is 4.74 Å². The molecule has 0 heterocycles. The maximum atomic E-state index is 5.66. The molecule has 0 saturated heterocycles. The Morgan fingerprint density at radius 2 is 1.61 bits per heavy atom. The summed E-state index contributed by atoms with van der Waals surface area (Å²) in [6, 6.07) is 9.10. The van der Waals surface area contributed by atoms with Crippen LogP contribution >= 0.6 is 0 Å². The summed E-state index contributed by atoms with van der Waals surface area (Å²) < 4.78 is 5.66. The molecule has 2 rings (SSSR count). The molecule has 0 atom stereocenters. The molecular formula is C22H32O. The average molecular weight is 312 g/mol. The molecular weight excluding hydrogens is 280 g/mol. The van der Waals surface area contributed by atoms with Crippen molar-refractivity contribution >= 4 is 0 Å². The van der Waals surface area contributed by atoms with Gasteiger partial charge in [-0.3, -0.25) is 0 Å². The van der Waals surface area contributed by atoms with Gasteiger partial charge in [0.2, 0.25) is 0 Å². The van der Waals surface area contributed by atoms with Crippen molar-refractivity contribution in [2.75, 3.05) is 6.61 Å². The van der Waals surface area contributed by atoms with Crippen LogP contribution in [0, 0.1) is 5.92 Å². The summed E-state index contributed by atoms with van der Waals surface area (Å²) in [4.78, 5) is 0. The Kier molecular flexibility index (Phi) is 8.17. The maximum absolute atomic E-state index is 5.66. The predicted octanol–water partition coefficient (Wildman–Crippen LogP) is 6.41. The van der Waals surface area contributed by atoms with Gasteiger partial charge in [0, 0.05) is 0 Å². The van der Waals surface area contributed by atoms with Crippen LogP contribution in [-0.4, -0.2) is 6.61 Å². The van der Waals surface area contributed by atoms with E-state index in [0.717, 1.165) is 24.7 Å². The maximum Gasteiger partial charge on any atom is 0.0721 e. The molecule has 0 unspecified atom stereocenters. The van der Waals surface area contributed by atoms with Crippen molar-refractivity contribution in [2.24, 2.45) is 5.92 Å². The molecule has 0 radical (unpaired) electrons. The molecule has 1 aromatic rings. The third-order valence-corrected chi connectivity index (χ3v) is 4.75. The fourth-order valence-corrected chi connectivity index (χ4v) is 3.34. The van der Waals surface area contributed by atoms with Crippen molar-refractivity contribution in [2.45, 2.75) is 64.9 Å². The van der Waals surface area contributed by atoms with Gasteiger partial charge in [0.05, 0.1) is 13.2 Å². The number of hydrogen-bond donors (Lipinski definition) is 0. The minimum atomic E-state index is 0.711. The summed E-state index contributed by atoms with van der Waals surface area (Å²) in [6.07, 6.45) is 16.6. The largest absolute Gasteiger partial charge is 0.373 e. The van der Waals surface area contributed by atoms with E-state index in [0.29, 0.717) is 13.2 Å². The van der Waals surface area contributed by atoms with Crippen LogP contribution in [0.1, 0.15) is 69.4 Å². The fraction of sp³-hybridized carbons (Fsp3) is 0.545. The van der Waals surface area contributed by atoms with E-state index in [4.69, 9.17) is 4.74 Å². The monoisotopic (exact) mass is 312 g/mol. The topological polar surface area (TPSA) is 9.23 Å². The molecule has 0 N–H and O–H groups in total. The molecule has 0 amide bonds. The lowest BCUT2D eigenvalue weighted by atomic mass is 9.78. The zero-order valence-electron chi connectivity index (χ0n) is 14.8. The van der Waals surface area contributed by atoms with Crippen molar-refractivity contribution in [3.05, 3.63) is 59.7 Å². The Labute approximate surface area is 142 Å². The molecule has 1 aromatic carbocycles. The zero-order chi connectivity index (χ0) is 16.3. The number of ether oxygens (including phenoxy) is 1. The van der Waals surface area contributed by atoms with Crippen LogP contribution in [0.5, 0.6) is 0 Å². The van der Waals surface area contributed by atoms with Gasteiger partial charge >= 0.3 is 0 Å². The normalized spacial score (nSPS) is 22.2. The van der Waals surface area contributed by atoms with E-state index in [1.807, 2.05) is 0 Å². The van der Waals surface area contributed by atoms with Gasteiger partial charge in [-0.2, -0.15) is 0 Å². The van der Waals surface area contributed by atoms with E-state index in [-0.39, 0.29) is 0 Å². The van der Waals surface area contributed by atoms with Crippen LogP contribution in [0.2, 0.25) is 0 Å². The van der Waals surface area contributed by atoms with Crippen molar-refractivity contribution in [3.63, 3.8) is 0 Å². The predicted molar refractivity (Wildman–Crippen MR) is 99.7 cm³/mol. The van der Waals surface area contributed by atoms with E-state index in [1.54, 1.807) is 0 Å². The molecule has 0 bridgehead atoms. The second kappa shape index (κ2) is 10.4. The zero-order valence-corrected chi connectivity index (χ0v) is 14.8. The lowest BCUT2D eigenvalue weighted by molar-refractivity contribution is 0.148. The van der Waals surface area contributed by atoms with E-state index >= 15 is 0 Å². The minimum absolute atomic E-state index is 0.711. The summed E-state index contributed by atoms with van der Waals surface area (Å²) in [5.74, 6) is 1.57. The van der Waals surface area contributed by atoms with Gasteiger partial charge in [-0.15, -0.1) is 0 Å². The molecule has 1 nitrogen and oxygen atoms in total. The van der Waals surface area contributed by atoms with Crippen molar-refractivity contribution in [1.82, 2.24) is 0 Å². The Hall–Kier alpha value is -1.34. The van der Waals surface area contributed by atoms with E-state index in [1.165, 1.54) is 36.8 Å². The molecule has 1 saturated carbocycles. The number of rotatable bonds is 8. The van der Waals surface area contributed by atoms with Crippen LogP contribution in [0.3, 0.4) is 0 Å². The molecule has 1 fully saturated rings. The first-order valence-corrected chi connectivity index (χ1v) is 9.31. The van der Waals surface area contributed by atoms with Gasteiger partial charge in [0.15, 0.2) is 0 Å². The molecule has 23 heavy (non-hydrogen) atoms. The molecule has 0 spiro atoms. The standard InChI is InChI=1S/C22H32O/c1-3-5-7-17-23-18-20-11-15-22(16-12-20)21-13-9-19(10-14-21)8-6-4-2/h5-8,11-12,15-16,19,21H,3-4,9-10,13-14,17-18H2,1-2H3/b7-5+,8-6+/t19-,21-. The summed E-state index contributed by atoms with van der Waals surface area (Å²) in [6.45, 7) is 5.78. The van der Waals surface area contributed by atoms with Crippen LogP contribution in [-0.2, 0) is 11.3 Å².